The Kier molecular flexibility index (Phi) is 9.82. The molecule has 0 bridgehead atoms. The summed E-state index contributed by atoms with van der Waals surface area (Å²) in [6.07, 6.45) is 6.64. The van der Waals surface area contributed by atoms with E-state index in [9.17, 15) is 9.59 Å². The van der Waals surface area contributed by atoms with Crippen molar-refractivity contribution in [3.63, 3.8) is 0 Å². The van der Waals surface area contributed by atoms with Gasteiger partial charge in [0.15, 0.2) is 5.17 Å². The monoisotopic (exact) mass is 451 g/mol. The number of unbranched alkanes of at least 4 members (excludes halogenated alkanes) is 4. The zero-order valence-corrected chi connectivity index (χ0v) is 19.7. The van der Waals surface area contributed by atoms with Gasteiger partial charge < -0.3 is 5.32 Å². The van der Waals surface area contributed by atoms with E-state index in [4.69, 9.17) is 4.99 Å². The molecule has 1 saturated heterocycles. The lowest BCUT2D eigenvalue weighted by Crippen LogP contribution is -2.47. The Hall–Kier alpha value is -2.60. The minimum atomic E-state index is -0.447. The highest BCUT2D eigenvalue weighted by molar-refractivity contribution is 8.15. The van der Waals surface area contributed by atoms with Crippen molar-refractivity contribution in [1.29, 1.82) is 0 Å². The Morgan fingerprint density at radius 3 is 2.44 bits per heavy atom. The van der Waals surface area contributed by atoms with Crippen LogP contribution in [0.15, 0.2) is 65.7 Å². The summed E-state index contributed by atoms with van der Waals surface area (Å²) in [5.74, 6) is -0.111. The van der Waals surface area contributed by atoms with Gasteiger partial charge in [0.05, 0.1) is 10.9 Å². The van der Waals surface area contributed by atoms with E-state index in [-0.39, 0.29) is 18.2 Å². The minimum absolute atomic E-state index is 0.0165. The van der Waals surface area contributed by atoms with Crippen LogP contribution in [0, 0.1) is 0 Å². The minimum Gasteiger partial charge on any atom is -0.355 e. The number of thioether (sulfide) groups is 1. The second-order valence-corrected chi connectivity index (χ2v) is 9.20. The molecule has 3 rings (SSSR count). The van der Waals surface area contributed by atoms with E-state index in [1.54, 1.807) is 4.90 Å². The highest BCUT2D eigenvalue weighted by atomic mass is 32.2. The van der Waals surface area contributed by atoms with Gasteiger partial charge in [0.25, 0.3) is 0 Å². The zero-order chi connectivity index (χ0) is 22.6. The Morgan fingerprint density at radius 1 is 1.03 bits per heavy atom. The molecule has 0 saturated carbocycles. The smallest absolute Gasteiger partial charge is 0.234 e. The molecule has 2 aromatic rings. The highest BCUT2D eigenvalue weighted by Gasteiger charge is 2.35. The molecule has 1 aliphatic heterocycles. The molecule has 0 aliphatic carbocycles. The van der Waals surface area contributed by atoms with Crippen LogP contribution in [0.1, 0.15) is 51.0 Å². The maximum atomic E-state index is 13.0. The van der Waals surface area contributed by atoms with E-state index >= 15 is 0 Å². The average Bonchev–Trinajstić information content (AvgIpc) is 2.81. The molecule has 2 amide bonds. The quantitative estimate of drug-likeness (QED) is 0.469. The molecule has 1 fully saturated rings. The molecule has 32 heavy (non-hydrogen) atoms. The topological polar surface area (TPSA) is 61.8 Å². The van der Waals surface area contributed by atoms with Crippen molar-refractivity contribution in [3.8, 4) is 0 Å². The van der Waals surface area contributed by atoms with E-state index in [1.807, 2.05) is 60.7 Å². The van der Waals surface area contributed by atoms with Crippen molar-refractivity contribution in [2.75, 3.05) is 13.1 Å². The fourth-order valence-corrected chi connectivity index (χ4v) is 4.79. The van der Waals surface area contributed by atoms with E-state index in [1.165, 1.54) is 36.6 Å². The Labute approximate surface area is 195 Å². The third-order valence-electron chi connectivity index (χ3n) is 5.45. The number of hydrogen-bond donors (Lipinski definition) is 1. The van der Waals surface area contributed by atoms with Gasteiger partial charge in [0, 0.05) is 19.5 Å². The lowest BCUT2D eigenvalue weighted by molar-refractivity contribution is -0.130. The summed E-state index contributed by atoms with van der Waals surface area (Å²) >= 11 is 1.40. The van der Waals surface area contributed by atoms with Gasteiger partial charge in [-0.2, -0.15) is 0 Å². The first-order valence-electron chi connectivity index (χ1n) is 11.6. The maximum Gasteiger partial charge on any atom is 0.234 e. The van der Waals surface area contributed by atoms with Crippen LogP contribution in [0.2, 0.25) is 0 Å². The summed E-state index contributed by atoms with van der Waals surface area (Å²) in [4.78, 5) is 32.3. The van der Waals surface area contributed by atoms with Gasteiger partial charge >= 0.3 is 0 Å². The van der Waals surface area contributed by atoms with Crippen molar-refractivity contribution in [2.45, 2.75) is 57.1 Å². The number of amides is 2. The Balaban J connectivity index is 1.62. The molecule has 0 radical (unpaired) electrons. The molecule has 1 heterocycles. The maximum absolute atomic E-state index is 13.0. The van der Waals surface area contributed by atoms with Gasteiger partial charge in [-0.1, -0.05) is 92.9 Å². The van der Waals surface area contributed by atoms with Gasteiger partial charge in [-0.05, 0) is 30.5 Å². The summed E-state index contributed by atoms with van der Waals surface area (Å²) < 4.78 is 0. The van der Waals surface area contributed by atoms with E-state index in [0.717, 1.165) is 24.9 Å². The standard InChI is InChI=1S/C26H33N3O2S/c1-2-3-4-5-12-19-29-24(30)20-23(32-26(29)28-22-15-10-7-11-16-22)25(31)27-18-17-21-13-8-6-9-14-21/h6-11,13-16,23H,2-5,12,17-20H2,1H3,(H,27,31)/t23-/m1/s1. The highest BCUT2D eigenvalue weighted by Crippen LogP contribution is 2.29. The van der Waals surface area contributed by atoms with Gasteiger partial charge in [0.1, 0.15) is 0 Å². The summed E-state index contributed by atoms with van der Waals surface area (Å²) in [5.41, 5.74) is 1.98. The molecule has 1 atom stereocenters. The number of carbonyl (C=O) groups excluding carboxylic acids is 2. The molecule has 2 aromatic carbocycles. The van der Waals surface area contributed by atoms with Crippen molar-refractivity contribution >= 4 is 34.4 Å². The predicted molar refractivity (Wildman–Crippen MR) is 133 cm³/mol. The van der Waals surface area contributed by atoms with Crippen LogP contribution in [0.4, 0.5) is 5.69 Å². The second kappa shape index (κ2) is 13.1. The molecular formula is C26H33N3O2S. The first-order chi connectivity index (χ1) is 15.7. The van der Waals surface area contributed by atoms with Crippen molar-refractivity contribution in [1.82, 2.24) is 10.2 Å². The number of rotatable bonds is 11. The third-order valence-corrected chi connectivity index (χ3v) is 6.64. The molecule has 1 aliphatic rings. The van der Waals surface area contributed by atoms with Gasteiger partial charge in [0.2, 0.25) is 11.8 Å². The second-order valence-electron chi connectivity index (χ2n) is 8.03. The zero-order valence-electron chi connectivity index (χ0n) is 18.8. The normalized spacial score (nSPS) is 17.5. The van der Waals surface area contributed by atoms with Gasteiger partial charge in [-0.3, -0.25) is 14.5 Å². The SMILES string of the molecule is CCCCCCCN1C(=O)C[C@H](C(=O)NCCc2ccccc2)SC1=Nc1ccccc1. The van der Waals surface area contributed by atoms with Crippen LogP contribution in [0.5, 0.6) is 0 Å². The molecule has 5 nitrogen and oxygen atoms in total. The molecule has 0 spiro atoms. The van der Waals surface area contributed by atoms with Crippen LogP contribution in [0.3, 0.4) is 0 Å². The van der Waals surface area contributed by atoms with E-state index < -0.39 is 5.25 Å². The molecular weight excluding hydrogens is 418 g/mol. The number of aliphatic imine (C=N–C) groups is 1. The number of carbonyl (C=O) groups is 2. The first-order valence-corrected chi connectivity index (χ1v) is 12.5. The number of para-hydroxylation sites is 1. The number of benzene rings is 2. The number of nitrogens with zero attached hydrogens (tertiary/aromatic N) is 2. The largest absolute Gasteiger partial charge is 0.355 e. The summed E-state index contributed by atoms with van der Waals surface area (Å²) in [5, 5.41) is 3.19. The van der Waals surface area contributed by atoms with Crippen LogP contribution < -0.4 is 5.32 Å². The molecule has 1 N–H and O–H groups in total. The van der Waals surface area contributed by atoms with E-state index in [2.05, 4.69) is 12.2 Å². The van der Waals surface area contributed by atoms with Crippen molar-refractivity contribution < 1.29 is 9.59 Å². The molecule has 6 heteroatoms. The third kappa shape index (κ3) is 7.52. The summed E-state index contributed by atoms with van der Waals surface area (Å²) in [7, 11) is 0. The van der Waals surface area contributed by atoms with E-state index in [0.29, 0.717) is 18.3 Å². The fraction of sp³-hybridized carbons (Fsp3) is 0.423. The summed E-state index contributed by atoms with van der Waals surface area (Å²) in [6.45, 7) is 3.41. The van der Waals surface area contributed by atoms with Gasteiger partial charge in [-0.25, -0.2) is 4.99 Å². The van der Waals surface area contributed by atoms with Crippen LogP contribution in [0.25, 0.3) is 0 Å². The van der Waals surface area contributed by atoms with Gasteiger partial charge in [-0.15, -0.1) is 0 Å². The number of amidine groups is 1. The lowest BCUT2D eigenvalue weighted by atomic mass is 10.1. The fourth-order valence-electron chi connectivity index (χ4n) is 3.64. The Morgan fingerprint density at radius 2 is 1.72 bits per heavy atom. The predicted octanol–water partition coefficient (Wildman–Crippen LogP) is 5.34. The number of hydrogen-bond acceptors (Lipinski definition) is 4. The lowest BCUT2D eigenvalue weighted by Gasteiger charge is -2.32. The average molecular weight is 452 g/mol. The van der Waals surface area contributed by atoms with Crippen LogP contribution in [-0.2, 0) is 16.0 Å². The summed E-state index contributed by atoms with van der Waals surface area (Å²) in [6, 6.07) is 19.7. The van der Waals surface area contributed by atoms with Crippen molar-refractivity contribution in [2.24, 2.45) is 4.99 Å². The molecule has 0 aromatic heterocycles. The van der Waals surface area contributed by atoms with Crippen LogP contribution in [-0.4, -0.2) is 40.2 Å². The molecule has 170 valence electrons. The van der Waals surface area contributed by atoms with Crippen molar-refractivity contribution in [3.05, 3.63) is 66.2 Å². The molecule has 0 unspecified atom stereocenters. The Bertz CT molecular complexity index is 886. The number of nitrogens with one attached hydrogen (secondary N) is 1. The van der Waals surface area contributed by atoms with Crippen LogP contribution >= 0.6 is 11.8 Å². The first kappa shape index (κ1) is 24.1.